The molecule has 0 saturated carbocycles. The maximum atomic E-state index is 5.34. The van der Waals surface area contributed by atoms with Crippen molar-refractivity contribution in [1.29, 1.82) is 0 Å². The van der Waals surface area contributed by atoms with Gasteiger partial charge in [0.15, 0.2) is 0 Å². The first-order valence-electron chi connectivity index (χ1n) is 6.71. The summed E-state index contributed by atoms with van der Waals surface area (Å²) in [6, 6.07) is 11.0. The molecule has 1 saturated heterocycles. The van der Waals surface area contributed by atoms with E-state index in [-0.39, 0.29) is 0 Å². The molecule has 1 fully saturated rings. The molecule has 0 aliphatic carbocycles. The van der Waals surface area contributed by atoms with E-state index < -0.39 is 0 Å². The fourth-order valence-electron chi connectivity index (χ4n) is 1.56. The molecule has 104 valence electrons. The van der Waals surface area contributed by atoms with Gasteiger partial charge in [-0.3, -0.25) is 4.44 Å². The van der Waals surface area contributed by atoms with E-state index in [4.69, 9.17) is 4.74 Å². The molecule has 4 atom stereocenters. The van der Waals surface area contributed by atoms with E-state index in [9.17, 15) is 0 Å². The van der Waals surface area contributed by atoms with E-state index in [0.29, 0.717) is 12.1 Å². The molecule has 2 unspecified atom stereocenters. The van der Waals surface area contributed by atoms with Gasteiger partial charge >= 0.3 is 0 Å². The Balaban J connectivity index is 0.000000659. The van der Waals surface area contributed by atoms with E-state index in [1.807, 2.05) is 33.8 Å². The molecule has 1 aliphatic heterocycles. The molecular formula is C14H27NOP2. The molecule has 1 aliphatic rings. The van der Waals surface area contributed by atoms with E-state index in [1.54, 1.807) is 0 Å². The quantitative estimate of drug-likeness (QED) is 0.616. The number of rotatable bonds is 4. The van der Waals surface area contributed by atoms with Gasteiger partial charge in [0, 0.05) is 6.04 Å². The molecule has 0 bridgehead atoms. The van der Waals surface area contributed by atoms with Crippen molar-refractivity contribution in [1.82, 2.24) is 4.44 Å². The van der Waals surface area contributed by atoms with Crippen molar-refractivity contribution < 1.29 is 4.74 Å². The molecular weight excluding hydrogens is 260 g/mol. The first-order valence-corrected chi connectivity index (χ1v) is 7.75. The minimum Gasteiger partial charge on any atom is -0.371 e. The van der Waals surface area contributed by atoms with Crippen LogP contribution in [-0.2, 0) is 11.2 Å². The van der Waals surface area contributed by atoms with Crippen LogP contribution in [0.1, 0.15) is 33.3 Å². The van der Waals surface area contributed by atoms with Gasteiger partial charge in [-0.15, -0.1) is 0 Å². The van der Waals surface area contributed by atoms with E-state index >= 15 is 0 Å². The Bertz CT molecular complexity index is 287. The summed E-state index contributed by atoms with van der Waals surface area (Å²) in [7, 11) is 5.39. The van der Waals surface area contributed by atoms with Crippen LogP contribution in [0.3, 0.4) is 0 Å². The van der Waals surface area contributed by atoms with Gasteiger partial charge in [-0.25, -0.2) is 0 Å². The highest BCUT2D eigenvalue weighted by atomic mass is 31.1. The average molecular weight is 287 g/mol. The second kappa shape index (κ2) is 10.9. The van der Waals surface area contributed by atoms with Gasteiger partial charge in [0.1, 0.15) is 0 Å². The lowest BCUT2D eigenvalue weighted by atomic mass is 10.0. The number of benzene rings is 1. The SMILES string of the molecule is CC.CC.PN(P)[C@@H](Cc1ccccc1)[C@H]1CO1. The van der Waals surface area contributed by atoms with Gasteiger partial charge in [-0.2, -0.15) is 0 Å². The molecule has 4 heteroatoms. The van der Waals surface area contributed by atoms with Crippen LogP contribution in [0.15, 0.2) is 30.3 Å². The van der Waals surface area contributed by atoms with Gasteiger partial charge in [0.05, 0.1) is 12.7 Å². The second-order valence-electron chi connectivity index (χ2n) is 3.58. The number of hydrogen-bond donors (Lipinski definition) is 0. The van der Waals surface area contributed by atoms with Crippen LogP contribution in [-0.4, -0.2) is 23.2 Å². The van der Waals surface area contributed by atoms with E-state index in [2.05, 4.69) is 47.5 Å². The average Bonchev–Trinajstić information content (AvgIpc) is 3.26. The zero-order chi connectivity index (χ0) is 14.0. The molecule has 2 rings (SSSR count). The van der Waals surface area contributed by atoms with Gasteiger partial charge in [-0.05, 0) is 12.0 Å². The van der Waals surface area contributed by atoms with Crippen LogP contribution in [0.2, 0.25) is 0 Å². The predicted molar refractivity (Wildman–Crippen MR) is 87.6 cm³/mol. The number of epoxide rings is 1. The zero-order valence-corrected chi connectivity index (χ0v) is 14.3. The highest BCUT2D eigenvalue weighted by Gasteiger charge is 2.34. The lowest BCUT2D eigenvalue weighted by molar-refractivity contribution is 0.329. The molecule has 0 radical (unpaired) electrons. The first-order chi connectivity index (χ1) is 8.77. The Hall–Kier alpha value is 0.0000000000000000347. The lowest BCUT2D eigenvalue weighted by Crippen LogP contribution is -2.27. The minimum absolute atomic E-state index is 0.408. The summed E-state index contributed by atoms with van der Waals surface area (Å²) in [4.78, 5) is 0. The van der Waals surface area contributed by atoms with Gasteiger partial charge < -0.3 is 4.74 Å². The number of nitrogens with zero attached hydrogens (tertiary/aromatic N) is 1. The van der Waals surface area contributed by atoms with Crippen LogP contribution < -0.4 is 0 Å². The molecule has 18 heavy (non-hydrogen) atoms. The standard InChI is InChI=1S/C10H15NOP2.2C2H6/c13-11(14)9(10-7-12-10)6-8-4-2-1-3-5-8;2*1-2/h1-5,9-10H,6-7,13-14H2;2*1-2H3/t9-,10+;;/m0../s1. The van der Waals surface area contributed by atoms with Gasteiger partial charge in [-0.1, -0.05) is 76.8 Å². The topological polar surface area (TPSA) is 15.8 Å². The van der Waals surface area contributed by atoms with Crippen molar-refractivity contribution >= 4 is 18.8 Å². The summed E-state index contributed by atoms with van der Waals surface area (Å²) in [5.41, 5.74) is 1.36. The maximum absolute atomic E-state index is 5.34. The summed E-state index contributed by atoms with van der Waals surface area (Å²) < 4.78 is 7.42. The van der Waals surface area contributed by atoms with E-state index in [1.165, 1.54) is 5.56 Å². The molecule has 1 aromatic rings. The van der Waals surface area contributed by atoms with Crippen molar-refractivity contribution in [3.05, 3.63) is 35.9 Å². The third-order valence-electron chi connectivity index (χ3n) is 2.46. The predicted octanol–water partition coefficient (Wildman–Crippen LogP) is 3.93. The third-order valence-corrected chi connectivity index (χ3v) is 3.22. The Morgan fingerprint density at radius 1 is 1.17 bits per heavy atom. The highest BCUT2D eigenvalue weighted by Crippen LogP contribution is 2.27. The monoisotopic (exact) mass is 287 g/mol. The van der Waals surface area contributed by atoms with Gasteiger partial charge in [0.2, 0.25) is 0 Å². The van der Waals surface area contributed by atoms with Crippen molar-refractivity contribution in [2.24, 2.45) is 0 Å². The van der Waals surface area contributed by atoms with Crippen LogP contribution >= 0.6 is 18.8 Å². The Morgan fingerprint density at radius 3 is 2.06 bits per heavy atom. The fraction of sp³-hybridized carbons (Fsp3) is 0.571. The summed E-state index contributed by atoms with van der Waals surface area (Å²) in [6.45, 7) is 8.90. The third kappa shape index (κ3) is 6.81. The zero-order valence-electron chi connectivity index (χ0n) is 12.0. The molecule has 0 N–H and O–H groups in total. The lowest BCUT2D eigenvalue weighted by Gasteiger charge is -2.21. The molecule has 1 heterocycles. The van der Waals surface area contributed by atoms with Crippen molar-refractivity contribution in [2.75, 3.05) is 6.61 Å². The van der Waals surface area contributed by atoms with Crippen LogP contribution in [0, 0.1) is 0 Å². The molecule has 0 spiro atoms. The smallest absolute Gasteiger partial charge is 0.0974 e. The highest BCUT2D eigenvalue weighted by molar-refractivity contribution is 7.30. The van der Waals surface area contributed by atoms with Crippen LogP contribution in [0.5, 0.6) is 0 Å². The van der Waals surface area contributed by atoms with E-state index in [0.717, 1.165) is 13.0 Å². The van der Waals surface area contributed by atoms with Crippen LogP contribution in [0.4, 0.5) is 0 Å². The Labute approximate surface area is 117 Å². The van der Waals surface area contributed by atoms with Gasteiger partial charge in [0.25, 0.3) is 0 Å². The van der Waals surface area contributed by atoms with Crippen LogP contribution in [0.25, 0.3) is 0 Å². The number of ether oxygens (including phenoxy) is 1. The van der Waals surface area contributed by atoms with Crippen molar-refractivity contribution in [3.8, 4) is 0 Å². The normalized spacial score (nSPS) is 18.1. The summed E-state index contributed by atoms with van der Waals surface area (Å²) in [5.74, 6) is 0. The fourth-order valence-corrected chi connectivity index (χ4v) is 2.16. The molecule has 0 amide bonds. The van der Waals surface area contributed by atoms with Crippen molar-refractivity contribution in [3.63, 3.8) is 0 Å². The molecule has 0 aromatic heterocycles. The molecule has 1 aromatic carbocycles. The first kappa shape index (κ1) is 18.0. The second-order valence-corrected chi connectivity index (χ2v) is 5.36. The largest absolute Gasteiger partial charge is 0.371 e. The summed E-state index contributed by atoms with van der Waals surface area (Å²) in [6.07, 6.45) is 1.45. The molecule has 2 nitrogen and oxygen atoms in total. The summed E-state index contributed by atoms with van der Waals surface area (Å²) in [5, 5.41) is 0. The van der Waals surface area contributed by atoms with Crippen molar-refractivity contribution in [2.45, 2.75) is 46.3 Å². The Kier molecular flexibility index (Phi) is 10.9. The Morgan fingerprint density at radius 2 is 1.67 bits per heavy atom. The maximum Gasteiger partial charge on any atom is 0.0974 e. The number of hydrogen-bond acceptors (Lipinski definition) is 2. The summed E-state index contributed by atoms with van der Waals surface area (Å²) >= 11 is 0. The minimum atomic E-state index is 0.408.